The number of carbonyl (C=O) groups is 1. The highest BCUT2D eigenvalue weighted by molar-refractivity contribution is 5.91. The molecule has 0 saturated carbocycles. The third-order valence-electron chi connectivity index (χ3n) is 4.37. The molecule has 0 radical (unpaired) electrons. The summed E-state index contributed by atoms with van der Waals surface area (Å²) in [5.74, 6) is 2.40. The molecule has 0 bridgehead atoms. The Balaban J connectivity index is 1.60. The first kappa shape index (κ1) is 14.8. The predicted molar refractivity (Wildman–Crippen MR) is 79.6 cm³/mol. The monoisotopic (exact) mass is 303 g/mol. The van der Waals surface area contributed by atoms with Crippen LogP contribution < -0.4 is 0 Å². The number of hydrogen-bond donors (Lipinski definition) is 0. The molecule has 3 heterocycles. The molecule has 1 aliphatic rings. The van der Waals surface area contributed by atoms with Gasteiger partial charge in [0.2, 0.25) is 5.89 Å². The fourth-order valence-corrected chi connectivity index (χ4v) is 2.68. The van der Waals surface area contributed by atoms with E-state index in [0.717, 1.165) is 25.1 Å². The van der Waals surface area contributed by atoms with Gasteiger partial charge in [0.15, 0.2) is 11.6 Å². The SMILES string of the molecule is CC[C@H](C)c1noc(C2CCN(C(=O)c3ccco3)CC2)n1. The molecular formula is C16H21N3O3. The number of aromatic nitrogens is 2. The molecule has 118 valence electrons. The number of carbonyl (C=O) groups excluding carboxylic acids is 1. The Morgan fingerprint density at radius 2 is 2.23 bits per heavy atom. The lowest BCUT2D eigenvalue weighted by atomic mass is 9.96. The molecule has 0 N–H and O–H groups in total. The summed E-state index contributed by atoms with van der Waals surface area (Å²) in [5, 5.41) is 4.08. The van der Waals surface area contributed by atoms with Gasteiger partial charge in [-0.15, -0.1) is 0 Å². The van der Waals surface area contributed by atoms with Crippen LogP contribution in [0.2, 0.25) is 0 Å². The van der Waals surface area contributed by atoms with Crippen molar-refractivity contribution >= 4 is 5.91 Å². The quantitative estimate of drug-likeness (QED) is 0.867. The summed E-state index contributed by atoms with van der Waals surface area (Å²) in [6.45, 7) is 5.58. The summed E-state index contributed by atoms with van der Waals surface area (Å²) in [4.78, 5) is 18.6. The zero-order valence-electron chi connectivity index (χ0n) is 13.0. The lowest BCUT2D eigenvalue weighted by Gasteiger charge is -2.29. The van der Waals surface area contributed by atoms with E-state index in [-0.39, 0.29) is 11.8 Å². The molecule has 0 spiro atoms. The number of furan rings is 1. The fourth-order valence-electron chi connectivity index (χ4n) is 2.68. The van der Waals surface area contributed by atoms with Crippen LogP contribution in [-0.4, -0.2) is 34.0 Å². The number of piperidine rings is 1. The lowest BCUT2D eigenvalue weighted by Crippen LogP contribution is -2.37. The van der Waals surface area contributed by atoms with Crippen LogP contribution in [-0.2, 0) is 0 Å². The topological polar surface area (TPSA) is 72.4 Å². The highest BCUT2D eigenvalue weighted by Crippen LogP contribution is 2.28. The van der Waals surface area contributed by atoms with Gasteiger partial charge in [-0.3, -0.25) is 4.79 Å². The minimum atomic E-state index is -0.0470. The molecule has 0 aromatic carbocycles. The zero-order chi connectivity index (χ0) is 15.5. The number of amides is 1. The van der Waals surface area contributed by atoms with Gasteiger partial charge in [0.05, 0.1) is 6.26 Å². The fraction of sp³-hybridized carbons (Fsp3) is 0.562. The van der Waals surface area contributed by atoms with Crippen LogP contribution in [0, 0.1) is 0 Å². The van der Waals surface area contributed by atoms with Gasteiger partial charge in [0, 0.05) is 24.9 Å². The molecule has 1 aliphatic heterocycles. The van der Waals surface area contributed by atoms with Gasteiger partial charge in [-0.25, -0.2) is 0 Å². The third-order valence-corrected chi connectivity index (χ3v) is 4.37. The molecule has 0 aliphatic carbocycles. The summed E-state index contributed by atoms with van der Waals surface area (Å²) in [5.41, 5.74) is 0. The number of likely N-dealkylation sites (tertiary alicyclic amines) is 1. The summed E-state index contributed by atoms with van der Waals surface area (Å²) >= 11 is 0. The molecule has 1 atom stereocenters. The number of nitrogens with zero attached hydrogens (tertiary/aromatic N) is 3. The Morgan fingerprint density at radius 1 is 1.45 bits per heavy atom. The molecule has 22 heavy (non-hydrogen) atoms. The molecule has 2 aromatic rings. The largest absolute Gasteiger partial charge is 0.459 e. The Hall–Kier alpha value is -2.11. The molecule has 2 aromatic heterocycles. The van der Waals surface area contributed by atoms with E-state index < -0.39 is 0 Å². The minimum absolute atomic E-state index is 0.0470. The third kappa shape index (κ3) is 2.91. The highest BCUT2D eigenvalue weighted by Gasteiger charge is 2.29. The molecule has 1 amide bonds. The Bertz CT molecular complexity index is 612. The van der Waals surface area contributed by atoms with Gasteiger partial charge in [0.25, 0.3) is 5.91 Å². The first-order chi connectivity index (χ1) is 10.7. The van der Waals surface area contributed by atoms with Gasteiger partial charge in [0.1, 0.15) is 0 Å². The molecule has 0 unspecified atom stereocenters. The smallest absolute Gasteiger partial charge is 0.289 e. The normalized spacial score (nSPS) is 17.6. The van der Waals surface area contributed by atoms with E-state index >= 15 is 0 Å². The van der Waals surface area contributed by atoms with E-state index in [1.807, 2.05) is 4.90 Å². The van der Waals surface area contributed by atoms with Gasteiger partial charge in [-0.1, -0.05) is 19.0 Å². The van der Waals surface area contributed by atoms with Crippen LogP contribution >= 0.6 is 0 Å². The van der Waals surface area contributed by atoms with Crippen molar-refractivity contribution in [2.45, 2.75) is 44.9 Å². The van der Waals surface area contributed by atoms with E-state index in [9.17, 15) is 4.79 Å². The molecule has 6 heteroatoms. The Labute approximate surface area is 129 Å². The summed E-state index contributed by atoms with van der Waals surface area (Å²) in [6, 6.07) is 3.43. The highest BCUT2D eigenvalue weighted by atomic mass is 16.5. The van der Waals surface area contributed by atoms with Crippen LogP contribution in [0.25, 0.3) is 0 Å². The lowest BCUT2D eigenvalue weighted by molar-refractivity contribution is 0.0672. The molecule has 3 rings (SSSR count). The van der Waals surface area contributed by atoms with Crippen LogP contribution in [0.1, 0.15) is 67.2 Å². The van der Waals surface area contributed by atoms with Crippen molar-refractivity contribution in [3.05, 3.63) is 35.9 Å². The average Bonchev–Trinajstić information content (AvgIpc) is 3.25. The van der Waals surface area contributed by atoms with Gasteiger partial charge < -0.3 is 13.8 Å². The molecule has 1 fully saturated rings. The van der Waals surface area contributed by atoms with Crippen LogP contribution in [0.15, 0.2) is 27.3 Å². The maximum atomic E-state index is 12.2. The van der Waals surface area contributed by atoms with Gasteiger partial charge in [-0.2, -0.15) is 4.98 Å². The summed E-state index contributed by atoms with van der Waals surface area (Å²) in [7, 11) is 0. The molecular weight excluding hydrogens is 282 g/mol. The van der Waals surface area contributed by atoms with Crippen LogP contribution in [0.3, 0.4) is 0 Å². The minimum Gasteiger partial charge on any atom is -0.459 e. The van der Waals surface area contributed by atoms with Crippen molar-refractivity contribution in [1.82, 2.24) is 15.0 Å². The summed E-state index contributed by atoms with van der Waals surface area (Å²) < 4.78 is 10.6. The van der Waals surface area contributed by atoms with E-state index in [4.69, 9.17) is 8.94 Å². The second-order valence-electron chi connectivity index (χ2n) is 5.84. The first-order valence-electron chi connectivity index (χ1n) is 7.85. The number of hydrogen-bond acceptors (Lipinski definition) is 5. The maximum absolute atomic E-state index is 12.2. The molecule has 1 saturated heterocycles. The Morgan fingerprint density at radius 3 is 2.86 bits per heavy atom. The standard InChI is InChI=1S/C16H21N3O3/c1-3-11(2)14-17-15(22-18-14)12-6-8-19(9-7-12)16(20)13-5-4-10-21-13/h4-5,10-12H,3,6-9H2,1-2H3/t11-/m0/s1. The maximum Gasteiger partial charge on any atom is 0.289 e. The predicted octanol–water partition coefficient (Wildman–Crippen LogP) is 3.20. The molecule has 6 nitrogen and oxygen atoms in total. The van der Waals surface area contributed by atoms with E-state index in [1.165, 1.54) is 6.26 Å². The average molecular weight is 303 g/mol. The Kier molecular flexibility index (Phi) is 4.27. The van der Waals surface area contributed by atoms with Gasteiger partial charge >= 0.3 is 0 Å². The van der Waals surface area contributed by atoms with E-state index in [1.54, 1.807) is 12.1 Å². The van der Waals surface area contributed by atoms with Gasteiger partial charge in [-0.05, 0) is 31.4 Å². The second-order valence-corrected chi connectivity index (χ2v) is 5.84. The zero-order valence-corrected chi connectivity index (χ0v) is 13.0. The first-order valence-corrected chi connectivity index (χ1v) is 7.85. The van der Waals surface area contributed by atoms with Crippen molar-refractivity contribution in [2.75, 3.05) is 13.1 Å². The van der Waals surface area contributed by atoms with Crippen molar-refractivity contribution < 1.29 is 13.7 Å². The second kappa shape index (κ2) is 6.34. The van der Waals surface area contributed by atoms with Crippen molar-refractivity contribution in [3.63, 3.8) is 0 Å². The van der Waals surface area contributed by atoms with E-state index in [0.29, 0.717) is 30.7 Å². The van der Waals surface area contributed by atoms with Crippen molar-refractivity contribution in [1.29, 1.82) is 0 Å². The summed E-state index contributed by atoms with van der Waals surface area (Å²) in [6.07, 6.45) is 4.20. The van der Waals surface area contributed by atoms with Crippen molar-refractivity contribution in [3.8, 4) is 0 Å². The van der Waals surface area contributed by atoms with E-state index in [2.05, 4.69) is 24.0 Å². The van der Waals surface area contributed by atoms with Crippen molar-refractivity contribution in [2.24, 2.45) is 0 Å². The van der Waals surface area contributed by atoms with Crippen LogP contribution in [0.4, 0.5) is 0 Å². The van der Waals surface area contributed by atoms with Crippen LogP contribution in [0.5, 0.6) is 0 Å². The number of rotatable bonds is 4.